The highest BCUT2D eigenvalue weighted by atomic mass is 35.5. The summed E-state index contributed by atoms with van der Waals surface area (Å²) in [5, 5.41) is 0.367. The van der Waals surface area contributed by atoms with Crippen LogP contribution < -0.4 is 17.0 Å². The Bertz CT molecular complexity index is 988. The fourth-order valence-corrected chi connectivity index (χ4v) is 2.91. The van der Waals surface area contributed by atoms with Gasteiger partial charge in [0, 0.05) is 6.20 Å². The van der Waals surface area contributed by atoms with Crippen LogP contribution in [0.3, 0.4) is 0 Å². The Balaban J connectivity index is 2.18. The van der Waals surface area contributed by atoms with Crippen LogP contribution in [0.15, 0.2) is 23.1 Å². The molecule has 0 aliphatic rings. The quantitative estimate of drug-likeness (QED) is 0.537. The van der Waals surface area contributed by atoms with Crippen molar-refractivity contribution in [3.05, 3.63) is 39.5 Å². The van der Waals surface area contributed by atoms with Crippen LogP contribution in [0.4, 0.5) is 5.82 Å². The first kappa shape index (κ1) is 15.7. The number of anilines is 1. The molecule has 3 aromatic rings. The molecule has 3 rings (SSSR count). The molecule has 23 heavy (non-hydrogen) atoms. The van der Waals surface area contributed by atoms with Crippen LogP contribution in [0.1, 0.15) is 5.56 Å². The van der Waals surface area contributed by atoms with Gasteiger partial charge < -0.3 is 15.3 Å². The standard InChI is InChI=1S/C13H14ClN6O2P/c1-23(2,22)12-18-10(15)9-11(19-12)20(13(21)17-9)6-7-3-4-8(14)16-5-7/h3-5H,6H2,1-2H3,(H,17,21)(H2,15,18,19). The number of aromatic nitrogens is 5. The van der Waals surface area contributed by atoms with Crippen molar-refractivity contribution in [2.24, 2.45) is 0 Å². The van der Waals surface area contributed by atoms with Crippen LogP contribution in [0.5, 0.6) is 0 Å². The van der Waals surface area contributed by atoms with Gasteiger partial charge in [-0.3, -0.25) is 4.57 Å². The molecule has 0 atom stereocenters. The Labute approximate surface area is 136 Å². The number of nitrogens with zero attached hydrogens (tertiary/aromatic N) is 4. The molecule has 0 radical (unpaired) electrons. The zero-order chi connectivity index (χ0) is 16.8. The number of nitrogens with one attached hydrogen (secondary N) is 1. The first-order chi connectivity index (χ1) is 10.8. The fourth-order valence-electron chi connectivity index (χ4n) is 2.11. The molecule has 3 N–H and O–H groups in total. The lowest BCUT2D eigenvalue weighted by Crippen LogP contribution is -2.20. The molecular formula is C13H14ClN6O2P. The number of nitrogens with two attached hydrogens (primary N) is 1. The van der Waals surface area contributed by atoms with Gasteiger partial charge in [-0.25, -0.2) is 19.7 Å². The molecule has 0 aromatic carbocycles. The first-order valence-corrected chi connectivity index (χ1v) is 9.65. The summed E-state index contributed by atoms with van der Waals surface area (Å²) < 4.78 is 13.6. The van der Waals surface area contributed by atoms with Gasteiger partial charge in [0.25, 0.3) is 0 Å². The molecule has 0 bridgehead atoms. The second-order valence-electron chi connectivity index (χ2n) is 5.46. The minimum atomic E-state index is -2.71. The average molecular weight is 353 g/mol. The Hall–Kier alpha value is -2.18. The van der Waals surface area contributed by atoms with Crippen molar-refractivity contribution < 1.29 is 4.57 Å². The SMILES string of the molecule is CP(C)(=O)c1nc(N)c2[nH]c(=O)n(Cc3ccc(Cl)nc3)c2n1. The van der Waals surface area contributed by atoms with Crippen LogP contribution in [-0.2, 0) is 11.1 Å². The molecule has 0 aliphatic carbocycles. The van der Waals surface area contributed by atoms with Crippen LogP contribution >= 0.6 is 18.7 Å². The van der Waals surface area contributed by atoms with Crippen LogP contribution in [0.2, 0.25) is 5.15 Å². The summed E-state index contributed by atoms with van der Waals surface area (Å²) >= 11 is 5.76. The van der Waals surface area contributed by atoms with Crippen molar-refractivity contribution in [1.82, 2.24) is 24.5 Å². The highest BCUT2D eigenvalue weighted by Crippen LogP contribution is 2.33. The Morgan fingerprint density at radius 3 is 2.70 bits per heavy atom. The van der Waals surface area contributed by atoms with E-state index in [1.165, 1.54) is 4.57 Å². The van der Waals surface area contributed by atoms with Crippen molar-refractivity contribution in [2.45, 2.75) is 6.54 Å². The maximum Gasteiger partial charge on any atom is 0.328 e. The lowest BCUT2D eigenvalue weighted by molar-refractivity contribution is 0.587. The molecule has 0 saturated carbocycles. The molecule has 3 aromatic heterocycles. The van der Waals surface area contributed by atoms with Gasteiger partial charge in [-0.2, -0.15) is 0 Å². The van der Waals surface area contributed by atoms with Crippen molar-refractivity contribution in [2.75, 3.05) is 19.1 Å². The van der Waals surface area contributed by atoms with E-state index in [4.69, 9.17) is 17.3 Å². The van der Waals surface area contributed by atoms with Crippen LogP contribution in [-0.4, -0.2) is 37.8 Å². The summed E-state index contributed by atoms with van der Waals surface area (Å²) in [5.41, 5.74) is 7.04. The largest absolute Gasteiger partial charge is 0.382 e. The van der Waals surface area contributed by atoms with E-state index in [0.29, 0.717) is 16.3 Å². The third-order valence-electron chi connectivity index (χ3n) is 3.25. The maximum absolute atomic E-state index is 12.2. The molecule has 10 heteroatoms. The van der Waals surface area contributed by atoms with Crippen molar-refractivity contribution in [3.63, 3.8) is 0 Å². The molecule has 0 fully saturated rings. The van der Waals surface area contributed by atoms with E-state index in [-0.39, 0.29) is 23.6 Å². The van der Waals surface area contributed by atoms with Gasteiger partial charge in [0.2, 0.25) is 0 Å². The Morgan fingerprint density at radius 1 is 1.35 bits per heavy atom. The minimum Gasteiger partial charge on any atom is -0.382 e. The van der Waals surface area contributed by atoms with E-state index < -0.39 is 7.14 Å². The number of rotatable bonds is 3. The van der Waals surface area contributed by atoms with Crippen molar-refractivity contribution >= 4 is 41.3 Å². The molecule has 0 unspecified atom stereocenters. The number of hydrogen-bond acceptors (Lipinski definition) is 6. The first-order valence-electron chi connectivity index (χ1n) is 6.67. The topological polar surface area (TPSA) is 120 Å². The van der Waals surface area contributed by atoms with Gasteiger partial charge in [0.15, 0.2) is 17.0 Å². The molecule has 3 heterocycles. The maximum atomic E-state index is 12.2. The van der Waals surface area contributed by atoms with Crippen LogP contribution in [0, 0.1) is 0 Å². The van der Waals surface area contributed by atoms with E-state index >= 15 is 0 Å². The van der Waals surface area contributed by atoms with E-state index in [2.05, 4.69) is 19.9 Å². The van der Waals surface area contributed by atoms with E-state index in [1.807, 2.05) is 0 Å². The number of aromatic amines is 1. The summed E-state index contributed by atoms with van der Waals surface area (Å²) in [4.78, 5) is 27.1. The van der Waals surface area contributed by atoms with Crippen molar-refractivity contribution in [3.8, 4) is 0 Å². The lowest BCUT2D eigenvalue weighted by atomic mass is 10.3. The summed E-state index contributed by atoms with van der Waals surface area (Å²) in [6, 6.07) is 3.40. The molecule has 0 saturated heterocycles. The van der Waals surface area contributed by atoms with Gasteiger partial charge in [0.05, 0.1) is 6.54 Å². The second kappa shape index (κ2) is 5.47. The molecule has 0 amide bonds. The van der Waals surface area contributed by atoms with E-state index in [0.717, 1.165) is 5.56 Å². The average Bonchev–Trinajstić information content (AvgIpc) is 2.78. The highest BCUT2D eigenvalue weighted by molar-refractivity contribution is 7.69. The highest BCUT2D eigenvalue weighted by Gasteiger charge is 2.20. The third-order valence-corrected chi connectivity index (χ3v) is 4.64. The number of nitrogen functional groups attached to an aromatic ring is 1. The number of halogens is 1. The van der Waals surface area contributed by atoms with E-state index in [1.54, 1.807) is 31.7 Å². The van der Waals surface area contributed by atoms with Gasteiger partial charge in [0.1, 0.15) is 17.8 Å². The number of pyridine rings is 1. The normalized spacial score (nSPS) is 12.0. The number of fused-ring (bicyclic) bond motifs is 1. The molecule has 0 aliphatic heterocycles. The zero-order valence-corrected chi connectivity index (χ0v) is 14.1. The van der Waals surface area contributed by atoms with E-state index in [9.17, 15) is 9.36 Å². The fraction of sp³-hybridized carbons (Fsp3) is 0.231. The van der Waals surface area contributed by atoms with Crippen LogP contribution in [0.25, 0.3) is 11.2 Å². The monoisotopic (exact) mass is 352 g/mol. The second-order valence-corrected chi connectivity index (χ2v) is 8.95. The van der Waals surface area contributed by atoms with Gasteiger partial charge in [-0.15, -0.1) is 0 Å². The van der Waals surface area contributed by atoms with Gasteiger partial charge in [-0.1, -0.05) is 17.7 Å². The summed E-state index contributed by atoms with van der Waals surface area (Å²) in [6.45, 7) is 3.33. The molecule has 8 nitrogen and oxygen atoms in total. The summed E-state index contributed by atoms with van der Waals surface area (Å²) in [7, 11) is -2.71. The lowest BCUT2D eigenvalue weighted by Gasteiger charge is -2.08. The minimum absolute atomic E-state index is 0.0963. The number of H-pyrrole nitrogens is 1. The number of hydrogen-bond donors (Lipinski definition) is 2. The zero-order valence-electron chi connectivity index (χ0n) is 12.4. The Morgan fingerprint density at radius 2 is 2.09 bits per heavy atom. The predicted molar refractivity (Wildman–Crippen MR) is 90.0 cm³/mol. The number of imidazole rings is 1. The third kappa shape index (κ3) is 3.00. The summed E-state index contributed by atoms with van der Waals surface area (Å²) in [6.07, 6.45) is 1.57. The summed E-state index contributed by atoms with van der Waals surface area (Å²) in [5.74, 6) is 0.0963. The predicted octanol–water partition coefficient (Wildman–Crippen LogP) is 1.05. The van der Waals surface area contributed by atoms with Gasteiger partial charge in [-0.05, 0) is 25.0 Å². The molecular weight excluding hydrogens is 339 g/mol. The van der Waals surface area contributed by atoms with Gasteiger partial charge >= 0.3 is 5.69 Å². The molecule has 120 valence electrons. The van der Waals surface area contributed by atoms with Crippen molar-refractivity contribution in [1.29, 1.82) is 0 Å². The Kier molecular flexibility index (Phi) is 3.74. The molecule has 0 spiro atoms. The smallest absolute Gasteiger partial charge is 0.328 e.